The van der Waals surface area contributed by atoms with Crippen LogP contribution in [0, 0.1) is 17.6 Å². The fourth-order valence-corrected chi connectivity index (χ4v) is 3.36. The van der Waals surface area contributed by atoms with Crippen molar-refractivity contribution >= 4 is 0 Å². The highest BCUT2D eigenvalue weighted by atomic mass is 19.1. The van der Waals surface area contributed by atoms with Crippen molar-refractivity contribution in [2.75, 3.05) is 0 Å². The first-order chi connectivity index (χ1) is 9.17. The molecule has 0 aliphatic carbocycles. The van der Waals surface area contributed by atoms with E-state index in [0.29, 0.717) is 24.0 Å². The van der Waals surface area contributed by atoms with Crippen molar-refractivity contribution in [1.82, 2.24) is 5.43 Å². The summed E-state index contributed by atoms with van der Waals surface area (Å²) < 4.78 is 32.4. The second-order valence-electron chi connectivity index (χ2n) is 5.49. The van der Waals surface area contributed by atoms with Crippen LogP contribution in [0.25, 0.3) is 0 Å². The predicted molar refractivity (Wildman–Crippen MR) is 67.2 cm³/mol. The number of hydrazine groups is 1. The fourth-order valence-electron chi connectivity index (χ4n) is 3.36. The average Bonchev–Trinajstić information content (AvgIpc) is 3.00. The van der Waals surface area contributed by atoms with Gasteiger partial charge in [-0.15, -0.1) is 0 Å². The number of halogens is 2. The smallest absolute Gasteiger partial charge is 0.129 e. The molecule has 2 fully saturated rings. The van der Waals surface area contributed by atoms with E-state index in [1.54, 1.807) is 0 Å². The lowest BCUT2D eigenvalue weighted by atomic mass is 9.81. The van der Waals surface area contributed by atoms with Crippen LogP contribution in [0.15, 0.2) is 18.2 Å². The maximum atomic E-state index is 13.7. The van der Waals surface area contributed by atoms with Gasteiger partial charge in [-0.1, -0.05) is 6.07 Å². The molecule has 2 heterocycles. The van der Waals surface area contributed by atoms with Gasteiger partial charge in [0.25, 0.3) is 0 Å². The molecule has 3 rings (SSSR count). The summed E-state index contributed by atoms with van der Waals surface area (Å²) in [5, 5.41) is 0. The zero-order valence-corrected chi connectivity index (χ0v) is 10.6. The molecule has 0 aromatic heterocycles. The van der Waals surface area contributed by atoms with E-state index in [1.165, 1.54) is 12.1 Å². The van der Waals surface area contributed by atoms with Crippen molar-refractivity contribution < 1.29 is 13.5 Å². The number of nitrogens with one attached hydrogen (secondary N) is 1. The van der Waals surface area contributed by atoms with Crippen molar-refractivity contribution in [3.63, 3.8) is 0 Å². The van der Waals surface area contributed by atoms with Gasteiger partial charge >= 0.3 is 0 Å². The molecular formula is C14H18F2N2O. The van der Waals surface area contributed by atoms with Gasteiger partial charge in [0.2, 0.25) is 0 Å². The van der Waals surface area contributed by atoms with E-state index >= 15 is 0 Å². The highest BCUT2D eigenvalue weighted by molar-refractivity contribution is 5.20. The highest BCUT2D eigenvalue weighted by Crippen LogP contribution is 2.40. The summed E-state index contributed by atoms with van der Waals surface area (Å²) in [7, 11) is 0. The van der Waals surface area contributed by atoms with Crippen LogP contribution in [0.4, 0.5) is 8.78 Å². The molecule has 4 unspecified atom stereocenters. The van der Waals surface area contributed by atoms with E-state index in [4.69, 9.17) is 10.6 Å². The van der Waals surface area contributed by atoms with Crippen LogP contribution >= 0.6 is 0 Å². The van der Waals surface area contributed by atoms with Gasteiger partial charge in [-0.25, -0.2) is 8.78 Å². The summed E-state index contributed by atoms with van der Waals surface area (Å²) in [4.78, 5) is 0. The van der Waals surface area contributed by atoms with Gasteiger partial charge in [-0.05, 0) is 37.3 Å². The van der Waals surface area contributed by atoms with E-state index in [0.717, 1.165) is 25.3 Å². The van der Waals surface area contributed by atoms with Gasteiger partial charge in [0, 0.05) is 18.0 Å². The van der Waals surface area contributed by atoms with E-state index in [1.807, 2.05) is 0 Å². The molecule has 5 heteroatoms. The molecule has 2 aliphatic heterocycles. The number of rotatable bonds is 4. The third kappa shape index (κ3) is 2.50. The van der Waals surface area contributed by atoms with Crippen LogP contribution in [0.2, 0.25) is 0 Å². The molecule has 3 N–H and O–H groups in total. The summed E-state index contributed by atoms with van der Waals surface area (Å²) in [6.45, 7) is 0. The summed E-state index contributed by atoms with van der Waals surface area (Å²) in [6.07, 6.45) is 4.17. The van der Waals surface area contributed by atoms with Crippen LogP contribution in [0.3, 0.4) is 0 Å². The number of ether oxygens (including phenoxy) is 1. The Bertz CT molecular complexity index is 469. The van der Waals surface area contributed by atoms with Gasteiger partial charge in [0.1, 0.15) is 11.6 Å². The fraction of sp³-hybridized carbons (Fsp3) is 0.571. The third-order valence-electron chi connectivity index (χ3n) is 4.34. The molecule has 19 heavy (non-hydrogen) atoms. The molecule has 1 aromatic carbocycles. The zero-order valence-electron chi connectivity index (χ0n) is 10.6. The average molecular weight is 268 g/mol. The number of hydrogen-bond acceptors (Lipinski definition) is 3. The first-order valence-electron chi connectivity index (χ1n) is 6.73. The Morgan fingerprint density at radius 3 is 2.79 bits per heavy atom. The van der Waals surface area contributed by atoms with Crippen LogP contribution in [-0.4, -0.2) is 18.2 Å². The minimum atomic E-state index is -0.554. The lowest BCUT2D eigenvalue weighted by molar-refractivity contribution is 0.0856. The van der Waals surface area contributed by atoms with Crippen LogP contribution < -0.4 is 11.3 Å². The monoisotopic (exact) mass is 268 g/mol. The second-order valence-corrected chi connectivity index (χ2v) is 5.49. The Morgan fingerprint density at radius 1 is 1.37 bits per heavy atom. The number of benzene rings is 1. The molecule has 4 atom stereocenters. The highest BCUT2D eigenvalue weighted by Gasteiger charge is 2.44. The van der Waals surface area contributed by atoms with Gasteiger partial charge in [-0.3, -0.25) is 11.3 Å². The molecule has 0 spiro atoms. The molecule has 2 saturated heterocycles. The number of hydrogen-bond donors (Lipinski definition) is 2. The normalized spacial score (nSPS) is 30.8. The van der Waals surface area contributed by atoms with E-state index in [9.17, 15) is 8.78 Å². The largest absolute Gasteiger partial charge is 0.375 e. The van der Waals surface area contributed by atoms with Crippen molar-refractivity contribution in [3.05, 3.63) is 35.4 Å². The Hall–Kier alpha value is -1.04. The topological polar surface area (TPSA) is 47.3 Å². The van der Waals surface area contributed by atoms with E-state index in [-0.39, 0.29) is 12.1 Å². The van der Waals surface area contributed by atoms with Gasteiger partial charge in [0.05, 0.1) is 12.2 Å². The SMILES string of the molecule is NNC(Cc1ccc(F)cc1F)C1CC2CCC1O2. The van der Waals surface area contributed by atoms with Crippen molar-refractivity contribution in [3.8, 4) is 0 Å². The van der Waals surface area contributed by atoms with Crippen molar-refractivity contribution in [1.29, 1.82) is 0 Å². The molecule has 3 nitrogen and oxygen atoms in total. The number of nitrogens with two attached hydrogens (primary N) is 1. The first-order valence-corrected chi connectivity index (χ1v) is 6.73. The van der Waals surface area contributed by atoms with Crippen LogP contribution in [-0.2, 0) is 11.2 Å². The lowest BCUT2D eigenvalue weighted by Gasteiger charge is -2.28. The van der Waals surface area contributed by atoms with Crippen molar-refractivity contribution in [2.45, 2.75) is 43.9 Å². The predicted octanol–water partition coefficient (Wildman–Crippen LogP) is 1.91. The maximum absolute atomic E-state index is 13.7. The molecular weight excluding hydrogens is 250 g/mol. The minimum Gasteiger partial charge on any atom is -0.375 e. The van der Waals surface area contributed by atoms with Crippen LogP contribution in [0.1, 0.15) is 24.8 Å². The van der Waals surface area contributed by atoms with Gasteiger partial charge in [0.15, 0.2) is 0 Å². The molecule has 104 valence electrons. The molecule has 2 aliphatic rings. The first kappa shape index (κ1) is 13.0. The van der Waals surface area contributed by atoms with E-state index < -0.39 is 11.6 Å². The Morgan fingerprint density at radius 2 is 2.21 bits per heavy atom. The Balaban J connectivity index is 1.73. The second kappa shape index (κ2) is 5.15. The molecule has 0 amide bonds. The zero-order chi connectivity index (χ0) is 13.4. The third-order valence-corrected chi connectivity index (χ3v) is 4.34. The molecule has 1 aromatic rings. The minimum absolute atomic E-state index is 0.0322. The van der Waals surface area contributed by atoms with Gasteiger partial charge in [-0.2, -0.15) is 0 Å². The summed E-state index contributed by atoms with van der Waals surface area (Å²) >= 11 is 0. The lowest BCUT2D eigenvalue weighted by Crippen LogP contribution is -2.45. The van der Waals surface area contributed by atoms with Crippen LogP contribution in [0.5, 0.6) is 0 Å². The van der Waals surface area contributed by atoms with Gasteiger partial charge < -0.3 is 4.74 Å². The van der Waals surface area contributed by atoms with E-state index in [2.05, 4.69) is 5.43 Å². The Labute approximate surface area is 111 Å². The molecule has 0 radical (unpaired) electrons. The maximum Gasteiger partial charge on any atom is 0.129 e. The van der Waals surface area contributed by atoms with Crippen molar-refractivity contribution in [2.24, 2.45) is 11.8 Å². The Kier molecular flexibility index (Phi) is 3.52. The molecule has 2 bridgehead atoms. The summed E-state index contributed by atoms with van der Waals surface area (Å²) in [5.74, 6) is 4.86. The summed E-state index contributed by atoms with van der Waals surface area (Å²) in [5.41, 5.74) is 3.27. The standard InChI is InChI=1S/C14H18F2N2O/c15-9-2-1-8(12(16)6-9)5-13(18-17)11-7-10-3-4-14(11)19-10/h1-2,6,10-11,13-14,18H,3-5,7,17H2. The molecule has 0 saturated carbocycles. The quantitative estimate of drug-likeness (QED) is 0.648. The number of fused-ring (bicyclic) bond motifs is 2. The summed E-state index contributed by atoms with van der Waals surface area (Å²) in [6, 6.07) is 3.65.